The Bertz CT molecular complexity index is 885. The zero-order chi connectivity index (χ0) is 18.1. The molecule has 0 unspecified atom stereocenters. The summed E-state index contributed by atoms with van der Waals surface area (Å²) in [5, 5.41) is 1.23. The van der Waals surface area contributed by atoms with Crippen LogP contribution in [0.2, 0.25) is 5.15 Å². The summed E-state index contributed by atoms with van der Waals surface area (Å²) in [7, 11) is 0. The number of carbonyl (C=O) groups is 1. The Kier molecular flexibility index (Phi) is 4.97. The van der Waals surface area contributed by atoms with Crippen LogP contribution in [0.3, 0.4) is 0 Å². The molecule has 9 heteroatoms. The molecule has 6 nitrogen and oxygen atoms in total. The molecular weight excluding hydrogens is 390 g/mol. The Labute approximate surface area is 164 Å². The van der Waals surface area contributed by atoms with Crippen LogP contribution in [0.15, 0.2) is 34.2 Å². The molecule has 0 spiro atoms. The summed E-state index contributed by atoms with van der Waals surface area (Å²) in [4.78, 5) is 21.4. The zero-order valence-corrected chi connectivity index (χ0v) is 16.4. The molecule has 1 aromatic carbocycles. The van der Waals surface area contributed by atoms with Crippen molar-refractivity contribution >= 4 is 58.1 Å². The van der Waals surface area contributed by atoms with Crippen LogP contribution in [-0.4, -0.2) is 50.9 Å². The van der Waals surface area contributed by atoms with Crippen molar-refractivity contribution in [2.75, 3.05) is 31.1 Å². The lowest BCUT2D eigenvalue weighted by Gasteiger charge is -2.35. The first-order chi connectivity index (χ1) is 12.6. The van der Waals surface area contributed by atoms with E-state index in [0.29, 0.717) is 10.1 Å². The number of aromatic nitrogens is 2. The summed E-state index contributed by atoms with van der Waals surface area (Å²) < 4.78 is 8.26. The highest BCUT2D eigenvalue weighted by molar-refractivity contribution is 8.18. The van der Waals surface area contributed by atoms with Crippen LogP contribution >= 0.6 is 35.1 Å². The lowest BCUT2D eigenvalue weighted by molar-refractivity contribution is -0.113. The van der Waals surface area contributed by atoms with Crippen LogP contribution < -0.4 is 4.90 Å². The normalized spacial score (nSPS) is 19.4. The Morgan fingerprint density at radius 1 is 1.08 bits per heavy atom. The maximum absolute atomic E-state index is 12.2. The van der Waals surface area contributed by atoms with Crippen LogP contribution in [0.5, 0.6) is 0 Å². The minimum atomic E-state index is -0.167. The molecule has 0 bridgehead atoms. The number of thioether (sulfide) groups is 1. The lowest BCUT2D eigenvalue weighted by atomic mass is 10.1. The third-order valence-corrected chi connectivity index (χ3v) is 6.18. The molecule has 1 fully saturated rings. The third-order valence-electron chi connectivity index (χ3n) is 4.27. The van der Waals surface area contributed by atoms with Gasteiger partial charge < -0.3 is 9.80 Å². The second-order valence-electron chi connectivity index (χ2n) is 6.07. The van der Waals surface area contributed by atoms with Gasteiger partial charge in [0.25, 0.3) is 5.91 Å². The van der Waals surface area contributed by atoms with Gasteiger partial charge in [0, 0.05) is 26.2 Å². The van der Waals surface area contributed by atoms with Gasteiger partial charge in [-0.05, 0) is 30.3 Å². The van der Waals surface area contributed by atoms with Crippen molar-refractivity contribution in [2.45, 2.75) is 6.92 Å². The van der Waals surface area contributed by atoms with Crippen molar-refractivity contribution in [3.63, 3.8) is 0 Å². The standard InChI is InChI=1S/C17H16ClN5OS2/c1-11-2-4-12(5-3-11)10-13-16(24)19-17(25-13)23-8-6-22(7-9-23)15-14(18)20-26-21-15/h2-5,10H,6-9H2,1H3/b13-10-. The minimum absolute atomic E-state index is 0.167. The molecule has 1 saturated heterocycles. The van der Waals surface area contributed by atoms with Gasteiger partial charge >= 0.3 is 0 Å². The van der Waals surface area contributed by atoms with Gasteiger partial charge in [-0.25, -0.2) is 0 Å². The molecule has 2 aliphatic heterocycles. The fourth-order valence-electron chi connectivity index (χ4n) is 2.82. The molecule has 3 heterocycles. The smallest absolute Gasteiger partial charge is 0.286 e. The molecule has 4 rings (SSSR count). The maximum Gasteiger partial charge on any atom is 0.286 e. The summed E-state index contributed by atoms with van der Waals surface area (Å²) >= 11 is 8.63. The van der Waals surface area contributed by atoms with Crippen molar-refractivity contribution in [1.82, 2.24) is 13.6 Å². The van der Waals surface area contributed by atoms with E-state index in [0.717, 1.165) is 54.5 Å². The van der Waals surface area contributed by atoms with Crippen LogP contribution in [0, 0.1) is 6.92 Å². The van der Waals surface area contributed by atoms with Crippen molar-refractivity contribution in [1.29, 1.82) is 0 Å². The van der Waals surface area contributed by atoms with E-state index in [-0.39, 0.29) is 5.91 Å². The summed E-state index contributed by atoms with van der Waals surface area (Å²) in [6.07, 6.45) is 1.90. The molecule has 1 aromatic heterocycles. The number of benzene rings is 1. The number of carbonyl (C=O) groups excluding carboxylic acids is 1. The fourth-order valence-corrected chi connectivity index (χ4v) is 4.56. The highest BCUT2D eigenvalue weighted by atomic mass is 35.5. The van der Waals surface area contributed by atoms with Crippen LogP contribution in [0.4, 0.5) is 5.82 Å². The first kappa shape index (κ1) is 17.5. The Balaban J connectivity index is 1.41. The second-order valence-corrected chi connectivity index (χ2v) is 7.97. The maximum atomic E-state index is 12.2. The molecule has 0 aliphatic carbocycles. The van der Waals surface area contributed by atoms with E-state index in [1.54, 1.807) is 0 Å². The van der Waals surface area contributed by atoms with E-state index in [2.05, 4.69) is 23.5 Å². The number of piperazine rings is 1. The summed E-state index contributed by atoms with van der Waals surface area (Å²) in [6.45, 7) is 5.13. The number of nitrogens with zero attached hydrogens (tertiary/aromatic N) is 5. The lowest BCUT2D eigenvalue weighted by Crippen LogP contribution is -2.48. The van der Waals surface area contributed by atoms with Crippen molar-refractivity contribution in [3.05, 3.63) is 45.5 Å². The minimum Gasteiger partial charge on any atom is -0.350 e. The van der Waals surface area contributed by atoms with E-state index in [4.69, 9.17) is 11.6 Å². The number of rotatable bonds is 2. The van der Waals surface area contributed by atoms with E-state index < -0.39 is 0 Å². The van der Waals surface area contributed by atoms with Gasteiger partial charge in [-0.2, -0.15) is 13.7 Å². The number of hydrogen-bond acceptors (Lipinski definition) is 7. The van der Waals surface area contributed by atoms with Gasteiger partial charge in [-0.3, -0.25) is 4.79 Å². The van der Waals surface area contributed by atoms with Crippen molar-refractivity contribution in [2.24, 2.45) is 4.99 Å². The van der Waals surface area contributed by atoms with Gasteiger partial charge in [0.2, 0.25) is 0 Å². The summed E-state index contributed by atoms with van der Waals surface area (Å²) in [5.74, 6) is 0.577. The Morgan fingerprint density at radius 3 is 2.42 bits per heavy atom. The fraction of sp³-hybridized carbons (Fsp3) is 0.294. The molecule has 0 saturated carbocycles. The monoisotopic (exact) mass is 405 g/mol. The topological polar surface area (TPSA) is 61.7 Å². The Hall–Kier alpha value is -1.90. The second kappa shape index (κ2) is 7.38. The van der Waals surface area contributed by atoms with Gasteiger partial charge in [0.05, 0.1) is 16.6 Å². The molecule has 0 N–H and O–H groups in total. The van der Waals surface area contributed by atoms with Crippen LogP contribution in [-0.2, 0) is 4.79 Å². The molecule has 2 aromatic rings. The summed E-state index contributed by atoms with van der Waals surface area (Å²) in [6, 6.07) is 8.10. The van der Waals surface area contributed by atoms with E-state index in [1.165, 1.54) is 17.3 Å². The Morgan fingerprint density at radius 2 is 1.77 bits per heavy atom. The third kappa shape index (κ3) is 3.62. The summed E-state index contributed by atoms with van der Waals surface area (Å²) in [5.41, 5.74) is 2.21. The quantitative estimate of drug-likeness (QED) is 0.714. The van der Waals surface area contributed by atoms with E-state index in [9.17, 15) is 4.79 Å². The average Bonchev–Trinajstić information content (AvgIpc) is 3.23. The number of amidine groups is 1. The van der Waals surface area contributed by atoms with Gasteiger partial charge in [0.15, 0.2) is 16.1 Å². The zero-order valence-electron chi connectivity index (χ0n) is 14.1. The molecule has 0 radical (unpaired) electrons. The molecule has 1 amide bonds. The number of aliphatic imine (C=N–C) groups is 1. The number of amides is 1. The molecule has 0 atom stereocenters. The van der Waals surface area contributed by atoms with Crippen molar-refractivity contribution in [3.8, 4) is 0 Å². The van der Waals surface area contributed by atoms with Gasteiger partial charge in [-0.15, -0.1) is 0 Å². The molecule has 26 heavy (non-hydrogen) atoms. The number of halogens is 1. The van der Waals surface area contributed by atoms with Crippen LogP contribution in [0.25, 0.3) is 6.08 Å². The SMILES string of the molecule is Cc1ccc(/C=C2\SC(N3CCN(c4nsnc4Cl)CC3)=NC2=O)cc1. The highest BCUT2D eigenvalue weighted by Crippen LogP contribution is 2.31. The first-order valence-electron chi connectivity index (χ1n) is 8.17. The van der Waals surface area contributed by atoms with Gasteiger partial charge in [-0.1, -0.05) is 41.4 Å². The largest absolute Gasteiger partial charge is 0.350 e. The number of hydrogen-bond donors (Lipinski definition) is 0. The predicted octanol–water partition coefficient (Wildman–Crippen LogP) is 3.29. The predicted molar refractivity (Wildman–Crippen MR) is 108 cm³/mol. The first-order valence-corrected chi connectivity index (χ1v) is 10.1. The van der Waals surface area contributed by atoms with Gasteiger partial charge in [0.1, 0.15) is 0 Å². The molecule has 134 valence electrons. The molecular formula is C17H16ClN5OS2. The number of aryl methyl sites for hydroxylation is 1. The average molecular weight is 406 g/mol. The number of anilines is 1. The van der Waals surface area contributed by atoms with E-state index >= 15 is 0 Å². The van der Waals surface area contributed by atoms with Crippen molar-refractivity contribution < 1.29 is 4.79 Å². The molecule has 2 aliphatic rings. The van der Waals surface area contributed by atoms with Crippen LogP contribution in [0.1, 0.15) is 11.1 Å². The van der Waals surface area contributed by atoms with E-state index in [1.807, 2.05) is 37.3 Å². The highest BCUT2D eigenvalue weighted by Gasteiger charge is 2.29.